The lowest BCUT2D eigenvalue weighted by atomic mass is 10.1. The van der Waals surface area contributed by atoms with Crippen molar-refractivity contribution in [2.75, 3.05) is 25.3 Å². The molecule has 3 heterocycles. The number of methoxy groups -OCH3 is 2. The fourth-order valence-electron chi connectivity index (χ4n) is 2.72. The van der Waals surface area contributed by atoms with Crippen LogP contribution in [-0.4, -0.2) is 46.0 Å². The van der Waals surface area contributed by atoms with Gasteiger partial charge in [0.2, 0.25) is 11.0 Å². The minimum Gasteiger partial charge on any atom is -0.497 e. The number of hydrogen-bond acceptors (Lipinski definition) is 10. The van der Waals surface area contributed by atoms with Gasteiger partial charge in [-0.05, 0) is 17.7 Å². The van der Waals surface area contributed by atoms with Gasteiger partial charge in [-0.25, -0.2) is 9.97 Å². The van der Waals surface area contributed by atoms with Gasteiger partial charge in [-0.1, -0.05) is 35.2 Å². The summed E-state index contributed by atoms with van der Waals surface area (Å²) in [5.41, 5.74) is 2.08. The number of anilines is 1. The molecule has 0 saturated heterocycles. The van der Waals surface area contributed by atoms with Crippen molar-refractivity contribution in [2.45, 2.75) is 11.6 Å². The molecule has 0 fully saturated rings. The van der Waals surface area contributed by atoms with E-state index in [2.05, 4.69) is 30.9 Å². The summed E-state index contributed by atoms with van der Waals surface area (Å²) in [5.74, 6) is 0.822. The van der Waals surface area contributed by atoms with Crippen molar-refractivity contribution in [2.24, 2.45) is 0 Å². The predicted molar refractivity (Wildman–Crippen MR) is 119 cm³/mol. The maximum atomic E-state index is 12.4. The summed E-state index contributed by atoms with van der Waals surface area (Å²) in [5, 5.41) is 15.6. The lowest BCUT2D eigenvalue weighted by Crippen LogP contribution is -2.14. The normalized spacial score (nSPS) is 11.0. The van der Waals surface area contributed by atoms with Crippen molar-refractivity contribution in [1.29, 1.82) is 0 Å². The number of aromatic nitrogens is 4. The third kappa shape index (κ3) is 4.59. The number of thiophene rings is 1. The molecule has 0 aliphatic carbocycles. The van der Waals surface area contributed by atoms with E-state index in [1.165, 1.54) is 29.4 Å². The van der Waals surface area contributed by atoms with Gasteiger partial charge < -0.3 is 9.47 Å². The number of ether oxygens (including phenoxy) is 2. The highest BCUT2D eigenvalue weighted by Crippen LogP contribution is 2.38. The molecule has 0 saturated carbocycles. The third-order valence-corrected chi connectivity index (χ3v) is 6.75. The minimum absolute atomic E-state index is 0.173. The van der Waals surface area contributed by atoms with Gasteiger partial charge in [0.25, 0.3) is 0 Å². The molecule has 11 heteroatoms. The zero-order chi connectivity index (χ0) is 20.9. The standard InChI is InChI=1S/C19H17N5O3S3/c1-26-7-15-23-24-19(30-15)22-14(25)9-29-18-16-13(8-28-17(16)20-10-21-18)11-3-5-12(27-2)6-4-11/h3-6,8,10H,7,9H2,1-2H3,(H,22,24,25). The van der Waals surface area contributed by atoms with Crippen LogP contribution in [0.15, 0.2) is 41.0 Å². The average molecular weight is 460 g/mol. The highest BCUT2D eigenvalue weighted by atomic mass is 32.2. The first-order valence-electron chi connectivity index (χ1n) is 8.78. The summed E-state index contributed by atoms with van der Waals surface area (Å²) in [6.45, 7) is 0.369. The number of amides is 1. The van der Waals surface area contributed by atoms with Crippen LogP contribution in [0.4, 0.5) is 5.13 Å². The number of fused-ring (bicyclic) bond motifs is 1. The van der Waals surface area contributed by atoms with E-state index in [9.17, 15) is 4.79 Å². The van der Waals surface area contributed by atoms with Gasteiger partial charge >= 0.3 is 0 Å². The van der Waals surface area contributed by atoms with Gasteiger partial charge in [0.05, 0.1) is 18.2 Å². The van der Waals surface area contributed by atoms with Gasteiger partial charge in [0.1, 0.15) is 33.5 Å². The first kappa shape index (κ1) is 20.7. The maximum absolute atomic E-state index is 12.4. The minimum atomic E-state index is -0.173. The molecule has 0 aliphatic heterocycles. The van der Waals surface area contributed by atoms with Crippen LogP contribution in [-0.2, 0) is 16.1 Å². The molecule has 154 valence electrons. The number of nitrogens with one attached hydrogen (secondary N) is 1. The van der Waals surface area contributed by atoms with Crippen LogP contribution in [0, 0.1) is 0 Å². The number of carbonyl (C=O) groups is 1. The summed E-state index contributed by atoms with van der Waals surface area (Å²) >= 11 is 4.21. The molecule has 30 heavy (non-hydrogen) atoms. The van der Waals surface area contributed by atoms with Crippen LogP contribution in [0.2, 0.25) is 0 Å². The van der Waals surface area contributed by atoms with Crippen molar-refractivity contribution in [3.63, 3.8) is 0 Å². The Hall–Kier alpha value is -2.60. The van der Waals surface area contributed by atoms with Gasteiger partial charge in [-0.3, -0.25) is 10.1 Å². The van der Waals surface area contributed by atoms with Gasteiger partial charge in [0, 0.05) is 18.1 Å². The Labute approximate surface area is 184 Å². The fourth-order valence-corrected chi connectivity index (χ4v) is 5.24. The molecule has 0 atom stereocenters. The van der Waals surface area contributed by atoms with Crippen molar-refractivity contribution in [3.8, 4) is 16.9 Å². The smallest absolute Gasteiger partial charge is 0.236 e. The molecule has 8 nitrogen and oxygen atoms in total. The van der Waals surface area contributed by atoms with E-state index in [4.69, 9.17) is 9.47 Å². The molecule has 0 radical (unpaired) electrons. The number of hydrogen-bond donors (Lipinski definition) is 1. The maximum Gasteiger partial charge on any atom is 0.236 e. The second-order valence-corrected chi connectivity index (χ2v) is 8.89. The quantitative estimate of drug-likeness (QED) is 0.311. The monoisotopic (exact) mass is 459 g/mol. The van der Waals surface area contributed by atoms with Gasteiger partial charge in [-0.2, -0.15) is 0 Å². The molecule has 0 unspecified atom stereocenters. The molecule has 4 aromatic rings. The van der Waals surface area contributed by atoms with E-state index in [1.807, 2.05) is 24.3 Å². The number of nitrogens with zero attached hydrogens (tertiary/aromatic N) is 4. The average Bonchev–Trinajstić information content (AvgIpc) is 3.40. The van der Waals surface area contributed by atoms with Crippen LogP contribution in [0.5, 0.6) is 5.75 Å². The highest BCUT2D eigenvalue weighted by Gasteiger charge is 2.15. The lowest BCUT2D eigenvalue weighted by molar-refractivity contribution is -0.113. The predicted octanol–water partition coefficient (Wildman–Crippen LogP) is 4.10. The molecule has 0 spiro atoms. The second kappa shape index (κ2) is 9.47. The van der Waals surface area contributed by atoms with E-state index < -0.39 is 0 Å². The summed E-state index contributed by atoms with van der Waals surface area (Å²) in [4.78, 5) is 22.1. The van der Waals surface area contributed by atoms with E-state index in [-0.39, 0.29) is 11.7 Å². The summed E-state index contributed by atoms with van der Waals surface area (Å²) in [6, 6.07) is 7.84. The topological polar surface area (TPSA) is 99.1 Å². The molecule has 1 amide bonds. The van der Waals surface area contributed by atoms with Crippen molar-refractivity contribution in [1.82, 2.24) is 20.2 Å². The Morgan fingerprint density at radius 3 is 2.77 bits per heavy atom. The van der Waals surface area contributed by atoms with Crippen molar-refractivity contribution in [3.05, 3.63) is 41.0 Å². The zero-order valence-electron chi connectivity index (χ0n) is 16.1. The van der Waals surface area contributed by atoms with Crippen LogP contribution < -0.4 is 10.1 Å². The van der Waals surface area contributed by atoms with E-state index in [1.54, 1.807) is 25.6 Å². The van der Waals surface area contributed by atoms with Crippen molar-refractivity contribution >= 4 is 55.7 Å². The van der Waals surface area contributed by atoms with Crippen molar-refractivity contribution < 1.29 is 14.3 Å². The molecule has 1 N–H and O–H groups in total. The van der Waals surface area contributed by atoms with Crippen LogP contribution >= 0.6 is 34.4 Å². The number of carbonyl (C=O) groups excluding carboxylic acids is 1. The Morgan fingerprint density at radius 2 is 2.00 bits per heavy atom. The molecule has 0 aliphatic rings. The van der Waals surface area contributed by atoms with Gasteiger partial charge in [-0.15, -0.1) is 21.5 Å². The number of rotatable bonds is 8. The number of benzene rings is 1. The van der Waals surface area contributed by atoms with Crippen LogP contribution in [0.25, 0.3) is 21.3 Å². The summed E-state index contributed by atoms with van der Waals surface area (Å²) in [6.07, 6.45) is 1.53. The van der Waals surface area contributed by atoms with E-state index in [0.717, 1.165) is 32.1 Å². The van der Waals surface area contributed by atoms with Crippen LogP contribution in [0.3, 0.4) is 0 Å². The molecular weight excluding hydrogens is 442 g/mol. The lowest BCUT2D eigenvalue weighted by Gasteiger charge is -2.06. The number of thioether (sulfide) groups is 1. The first-order chi connectivity index (χ1) is 14.7. The summed E-state index contributed by atoms with van der Waals surface area (Å²) in [7, 11) is 3.23. The second-order valence-electron chi connectivity index (χ2n) is 6.01. The van der Waals surface area contributed by atoms with Crippen LogP contribution in [0.1, 0.15) is 5.01 Å². The van der Waals surface area contributed by atoms with E-state index in [0.29, 0.717) is 16.7 Å². The third-order valence-electron chi connectivity index (χ3n) is 4.06. The Balaban J connectivity index is 1.50. The Kier molecular flexibility index (Phi) is 6.53. The first-order valence-corrected chi connectivity index (χ1v) is 11.5. The molecule has 4 rings (SSSR count). The van der Waals surface area contributed by atoms with E-state index >= 15 is 0 Å². The molecule has 3 aromatic heterocycles. The SMILES string of the molecule is COCc1nnc(NC(=O)CSc2ncnc3scc(-c4ccc(OC)cc4)c23)s1. The largest absolute Gasteiger partial charge is 0.497 e. The zero-order valence-corrected chi connectivity index (χ0v) is 18.6. The van der Waals surface area contributed by atoms with Gasteiger partial charge in [0.15, 0.2) is 0 Å². The molecule has 0 bridgehead atoms. The molecule has 1 aromatic carbocycles. The highest BCUT2D eigenvalue weighted by molar-refractivity contribution is 8.00. The Bertz CT molecular complexity index is 1160. The summed E-state index contributed by atoms with van der Waals surface area (Å²) < 4.78 is 10.3. The Morgan fingerprint density at radius 1 is 1.17 bits per heavy atom. The molecular formula is C19H17N5O3S3. The fraction of sp³-hybridized carbons (Fsp3) is 0.211.